The Balaban J connectivity index is 2.67. The van der Waals surface area contributed by atoms with Crippen LogP contribution in [0.15, 0.2) is 48.5 Å². The molecule has 208 valence electrons. The van der Waals surface area contributed by atoms with E-state index in [2.05, 4.69) is 10.6 Å². The topological polar surface area (TPSA) is 87.7 Å². The van der Waals surface area contributed by atoms with E-state index in [4.69, 9.17) is 4.74 Å². The van der Waals surface area contributed by atoms with Crippen LogP contribution < -0.4 is 10.6 Å². The summed E-state index contributed by atoms with van der Waals surface area (Å²) in [7, 11) is 0. The largest absolute Gasteiger partial charge is 0.444 e. The van der Waals surface area contributed by atoms with Gasteiger partial charge in [0.2, 0.25) is 11.8 Å². The summed E-state index contributed by atoms with van der Waals surface area (Å²) in [6, 6.07) is 13.4. The van der Waals surface area contributed by atoms with E-state index in [1.54, 1.807) is 25.7 Å². The van der Waals surface area contributed by atoms with Crippen molar-refractivity contribution in [2.75, 3.05) is 0 Å². The number of aryl methyl sites for hydroxylation is 2. The fraction of sp³-hybridized carbons (Fsp3) is 0.516. The average molecular weight is 524 g/mol. The number of benzene rings is 2. The smallest absolute Gasteiger partial charge is 0.408 e. The molecule has 0 aliphatic heterocycles. The second-order valence-corrected chi connectivity index (χ2v) is 12.1. The van der Waals surface area contributed by atoms with Crippen LogP contribution in [0.1, 0.15) is 83.7 Å². The second-order valence-electron chi connectivity index (χ2n) is 12.1. The van der Waals surface area contributed by atoms with Crippen LogP contribution in [0.25, 0.3) is 0 Å². The minimum Gasteiger partial charge on any atom is -0.444 e. The number of hydrogen-bond acceptors (Lipinski definition) is 4. The van der Waals surface area contributed by atoms with Gasteiger partial charge in [-0.2, -0.15) is 0 Å². The lowest BCUT2D eigenvalue weighted by atomic mass is 9.89. The number of nitrogens with one attached hydrogen (secondary N) is 2. The molecule has 3 amide bonds. The van der Waals surface area contributed by atoms with Crippen LogP contribution in [0, 0.1) is 13.8 Å². The SMILES string of the molecule is Cc1cccc(C)c1C(C(=O)NC(C)C)N(C(=O)C(Cc1ccccc1)NC(=O)OC(C)(C)C)C(C)(C)C. The van der Waals surface area contributed by atoms with E-state index in [-0.39, 0.29) is 24.3 Å². The van der Waals surface area contributed by atoms with Crippen LogP contribution in [-0.2, 0) is 20.7 Å². The van der Waals surface area contributed by atoms with Crippen molar-refractivity contribution in [3.63, 3.8) is 0 Å². The third-order valence-electron chi connectivity index (χ3n) is 5.98. The third kappa shape index (κ3) is 8.61. The lowest BCUT2D eigenvalue weighted by Gasteiger charge is -2.44. The van der Waals surface area contributed by atoms with E-state index in [9.17, 15) is 14.4 Å². The minimum absolute atomic E-state index is 0.119. The van der Waals surface area contributed by atoms with Crippen molar-refractivity contribution in [1.29, 1.82) is 0 Å². The molecular weight excluding hydrogens is 478 g/mol. The van der Waals surface area contributed by atoms with Gasteiger partial charge in [-0.3, -0.25) is 9.59 Å². The molecule has 7 heteroatoms. The zero-order valence-corrected chi connectivity index (χ0v) is 24.6. The monoisotopic (exact) mass is 523 g/mol. The van der Waals surface area contributed by atoms with Crippen LogP contribution in [0.3, 0.4) is 0 Å². The number of hydrogen-bond donors (Lipinski definition) is 2. The Hall–Kier alpha value is -3.35. The van der Waals surface area contributed by atoms with Gasteiger partial charge in [0.15, 0.2) is 0 Å². The van der Waals surface area contributed by atoms with Gasteiger partial charge in [0, 0.05) is 18.0 Å². The average Bonchev–Trinajstić information content (AvgIpc) is 2.75. The van der Waals surface area contributed by atoms with Gasteiger partial charge < -0.3 is 20.3 Å². The molecule has 0 fully saturated rings. The molecule has 0 aromatic heterocycles. The number of carbonyl (C=O) groups is 3. The predicted octanol–water partition coefficient (Wildman–Crippen LogP) is 5.63. The van der Waals surface area contributed by atoms with E-state index in [0.29, 0.717) is 0 Å². The van der Waals surface area contributed by atoms with Gasteiger partial charge in [0.25, 0.3) is 0 Å². The molecule has 0 aliphatic carbocycles. The zero-order chi connectivity index (χ0) is 28.8. The predicted molar refractivity (Wildman–Crippen MR) is 152 cm³/mol. The van der Waals surface area contributed by atoms with Crippen molar-refractivity contribution in [2.45, 2.75) is 105 Å². The second kappa shape index (κ2) is 12.5. The van der Waals surface area contributed by atoms with Gasteiger partial charge in [0.05, 0.1) is 0 Å². The van der Waals surface area contributed by atoms with Crippen LogP contribution in [0.4, 0.5) is 4.79 Å². The minimum atomic E-state index is -0.954. The molecule has 2 N–H and O–H groups in total. The van der Waals surface area contributed by atoms with Gasteiger partial charge in [-0.15, -0.1) is 0 Å². The van der Waals surface area contributed by atoms with Crippen molar-refractivity contribution in [1.82, 2.24) is 15.5 Å². The maximum Gasteiger partial charge on any atom is 0.408 e. The van der Waals surface area contributed by atoms with Gasteiger partial charge in [-0.1, -0.05) is 48.5 Å². The molecule has 2 rings (SSSR count). The van der Waals surface area contributed by atoms with E-state index in [1.807, 2.05) is 97.0 Å². The Labute approximate surface area is 228 Å². The third-order valence-corrected chi connectivity index (χ3v) is 5.98. The zero-order valence-electron chi connectivity index (χ0n) is 24.6. The van der Waals surface area contributed by atoms with Gasteiger partial charge in [-0.05, 0) is 91.5 Å². The maximum atomic E-state index is 14.5. The highest BCUT2D eigenvalue weighted by Crippen LogP contribution is 2.34. The standard InChI is InChI=1S/C31H45N3O4/c1-20(2)32-27(35)26(25-21(3)15-14-16-22(25)4)34(30(5,6)7)28(36)24(19-23-17-12-11-13-18-23)33-29(37)38-31(8,9)10/h11-18,20,24,26H,19H2,1-10H3,(H,32,35)(H,33,37). The fourth-order valence-electron chi connectivity index (χ4n) is 4.51. The molecule has 38 heavy (non-hydrogen) atoms. The first-order valence-electron chi connectivity index (χ1n) is 13.2. The highest BCUT2D eigenvalue weighted by Gasteiger charge is 2.43. The quantitative estimate of drug-likeness (QED) is 0.469. The fourth-order valence-corrected chi connectivity index (χ4v) is 4.51. The van der Waals surface area contributed by atoms with Crippen molar-refractivity contribution in [2.24, 2.45) is 0 Å². The molecule has 0 aliphatic rings. The van der Waals surface area contributed by atoms with Gasteiger partial charge in [-0.25, -0.2) is 4.79 Å². The van der Waals surface area contributed by atoms with Crippen molar-refractivity contribution < 1.29 is 19.1 Å². The Morgan fingerprint density at radius 3 is 1.87 bits per heavy atom. The molecule has 0 saturated carbocycles. The maximum absolute atomic E-state index is 14.5. The molecule has 0 radical (unpaired) electrons. The summed E-state index contributed by atoms with van der Waals surface area (Å²) >= 11 is 0. The van der Waals surface area contributed by atoms with Gasteiger partial charge in [0.1, 0.15) is 17.7 Å². The molecular formula is C31H45N3O4. The van der Waals surface area contributed by atoms with Crippen molar-refractivity contribution in [3.8, 4) is 0 Å². The van der Waals surface area contributed by atoms with Crippen LogP contribution in [-0.4, -0.2) is 46.0 Å². The molecule has 2 atom stereocenters. The first-order valence-corrected chi connectivity index (χ1v) is 13.2. The van der Waals surface area contributed by atoms with Crippen molar-refractivity contribution >= 4 is 17.9 Å². The summed E-state index contributed by atoms with van der Waals surface area (Å²) < 4.78 is 5.50. The molecule has 0 bridgehead atoms. The summed E-state index contributed by atoms with van der Waals surface area (Å²) in [4.78, 5) is 42.8. The molecule has 2 aromatic rings. The number of ether oxygens (including phenoxy) is 1. The summed E-state index contributed by atoms with van der Waals surface area (Å²) in [6.45, 7) is 18.7. The van der Waals surface area contributed by atoms with Crippen LogP contribution in [0.2, 0.25) is 0 Å². The highest BCUT2D eigenvalue weighted by atomic mass is 16.6. The highest BCUT2D eigenvalue weighted by molar-refractivity contribution is 5.93. The lowest BCUT2D eigenvalue weighted by molar-refractivity contribution is -0.148. The number of alkyl carbamates (subject to hydrolysis) is 1. The summed E-state index contributed by atoms with van der Waals surface area (Å²) in [6.07, 6.45) is -0.438. The molecule has 2 unspecified atom stereocenters. The molecule has 2 aromatic carbocycles. The number of nitrogens with zero attached hydrogens (tertiary/aromatic N) is 1. The Kier molecular flexibility index (Phi) is 10.1. The molecule has 0 spiro atoms. The van der Waals surface area contributed by atoms with Crippen molar-refractivity contribution in [3.05, 3.63) is 70.8 Å². The van der Waals surface area contributed by atoms with E-state index in [1.165, 1.54) is 0 Å². The first-order chi connectivity index (χ1) is 17.5. The molecule has 7 nitrogen and oxygen atoms in total. The number of carbonyl (C=O) groups excluding carboxylic acids is 3. The Morgan fingerprint density at radius 2 is 1.39 bits per heavy atom. The van der Waals surface area contributed by atoms with E-state index in [0.717, 1.165) is 22.3 Å². The summed E-state index contributed by atoms with van der Waals surface area (Å²) in [5, 5.41) is 5.82. The van der Waals surface area contributed by atoms with E-state index >= 15 is 0 Å². The Morgan fingerprint density at radius 1 is 0.842 bits per heavy atom. The number of rotatable bonds is 8. The normalized spacial score (nSPS) is 13.4. The van der Waals surface area contributed by atoms with E-state index < -0.39 is 29.3 Å². The Bertz CT molecular complexity index is 1090. The van der Waals surface area contributed by atoms with Crippen LogP contribution in [0.5, 0.6) is 0 Å². The number of amides is 3. The first kappa shape index (κ1) is 30.9. The summed E-state index contributed by atoms with van der Waals surface area (Å²) in [5.41, 5.74) is 2.00. The van der Waals surface area contributed by atoms with Gasteiger partial charge >= 0.3 is 6.09 Å². The molecule has 0 saturated heterocycles. The molecule has 0 heterocycles. The summed E-state index contributed by atoms with van der Waals surface area (Å²) in [5.74, 6) is -0.629. The van der Waals surface area contributed by atoms with Crippen LogP contribution >= 0.6 is 0 Å². The lowest BCUT2D eigenvalue weighted by Crippen LogP contribution is -2.59.